The number of nitrogens with zero attached hydrogens (tertiary/aromatic N) is 4. The molecule has 2 atom stereocenters. The van der Waals surface area contributed by atoms with Crippen LogP contribution in [0.2, 0.25) is 0 Å². The first kappa shape index (κ1) is 12.1. The molecule has 0 bridgehead atoms. The predicted molar refractivity (Wildman–Crippen MR) is 68.1 cm³/mol. The van der Waals surface area contributed by atoms with Crippen molar-refractivity contribution in [2.24, 2.45) is 7.05 Å². The standard InChI is InChI=1S/C13H22N4O/c1-10-14-15-13(16(10)2)9-17-7-8-18-12-6-4-3-5-11(12)17/h11-12H,3-9H2,1-2H3/t11-,12-/m1/s1. The van der Waals surface area contributed by atoms with E-state index in [0.717, 1.165) is 31.3 Å². The van der Waals surface area contributed by atoms with Gasteiger partial charge in [-0.1, -0.05) is 12.8 Å². The summed E-state index contributed by atoms with van der Waals surface area (Å²) in [5.74, 6) is 2.05. The molecule has 1 saturated heterocycles. The highest BCUT2D eigenvalue weighted by atomic mass is 16.5. The Morgan fingerprint density at radius 3 is 2.89 bits per heavy atom. The summed E-state index contributed by atoms with van der Waals surface area (Å²) in [7, 11) is 2.05. The van der Waals surface area contributed by atoms with E-state index < -0.39 is 0 Å². The Morgan fingerprint density at radius 2 is 2.11 bits per heavy atom. The summed E-state index contributed by atoms with van der Waals surface area (Å²) in [5.41, 5.74) is 0. The van der Waals surface area contributed by atoms with Crippen molar-refractivity contribution >= 4 is 0 Å². The molecule has 0 amide bonds. The molecule has 1 saturated carbocycles. The van der Waals surface area contributed by atoms with Gasteiger partial charge in [0.15, 0.2) is 0 Å². The largest absolute Gasteiger partial charge is 0.375 e. The van der Waals surface area contributed by atoms with Crippen LogP contribution in [0.15, 0.2) is 0 Å². The number of rotatable bonds is 2. The first-order chi connectivity index (χ1) is 8.75. The van der Waals surface area contributed by atoms with Crippen LogP contribution in [0.4, 0.5) is 0 Å². The van der Waals surface area contributed by atoms with Crippen molar-refractivity contribution in [3.8, 4) is 0 Å². The maximum atomic E-state index is 5.90. The number of morpholine rings is 1. The zero-order valence-corrected chi connectivity index (χ0v) is 11.3. The molecule has 2 heterocycles. The van der Waals surface area contributed by atoms with Crippen LogP contribution in [0.25, 0.3) is 0 Å². The SMILES string of the molecule is Cc1nnc(CN2CCO[C@@H]3CCCC[C@H]32)n1C. The predicted octanol–water partition coefficient (Wildman–Crippen LogP) is 1.27. The van der Waals surface area contributed by atoms with Crippen LogP contribution in [-0.2, 0) is 18.3 Å². The molecule has 0 spiro atoms. The lowest BCUT2D eigenvalue weighted by Crippen LogP contribution is -2.52. The van der Waals surface area contributed by atoms with Gasteiger partial charge in [-0.05, 0) is 19.8 Å². The van der Waals surface area contributed by atoms with Gasteiger partial charge in [-0.3, -0.25) is 4.90 Å². The van der Waals surface area contributed by atoms with E-state index in [1.165, 1.54) is 25.7 Å². The quantitative estimate of drug-likeness (QED) is 0.793. The lowest BCUT2D eigenvalue weighted by molar-refractivity contribution is -0.0920. The van der Waals surface area contributed by atoms with E-state index >= 15 is 0 Å². The van der Waals surface area contributed by atoms with Crippen molar-refractivity contribution < 1.29 is 4.74 Å². The Labute approximate surface area is 108 Å². The van der Waals surface area contributed by atoms with E-state index in [1.54, 1.807) is 0 Å². The third-order valence-electron chi connectivity index (χ3n) is 4.37. The minimum absolute atomic E-state index is 0.446. The van der Waals surface area contributed by atoms with Crippen molar-refractivity contribution in [3.05, 3.63) is 11.6 Å². The van der Waals surface area contributed by atoms with E-state index in [1.807, 2.05) is 14.0 Å². The first-order valence-corrected chi connectivity index (χ1v) is 6.96. The van der Waals surface area contributed by atoms with Gasteiger partial charge in [0.25, 0.3) is 0 Å². The Morgan fingerprint density at radius 1 is 1.28 bits per heavy atom. The normalized spacial score (nSPS) is 29.2. The van der Waals surface area contributed by atoms with E-state index in [9.17, 15) is 0 Å². The second-order valence-corrected chi connectivity index (χ2v) is 5.45. The van der Waals surface area contributed by atoms with Crippen molar-refractivity contribution in [2.45, 2.75) is 51.3 Å². The fraction of sp³-hybridized carbons (Fsp3) is 0.846. The van der Waals surface area contributed by atoms with E-state index in [2.05, 4.69) is 19.7 Å². The van der Waals surface area contributed by atoms with Crippen molar-refractivity contribution in [3.63, 3.8) is 0 Å². The van der Waals surface area contributed by atoms with Crippen LogP contribution < -0.4 is 0 Å². The van der Waals surface area contributed by atoms with Crippen LogP contribution in [0, 0.1) is 6.92 Å². The van der Waals surface area contributed by atoms with Gasteiger partial charge in [-0.15, -0.1) is 10.2 Å². The van der Waals surface area contributed by atoms with Crippen LogP contribution in [0.5, 0.6) is 0 Å². The second-order valence-electron chi connectivity index (χ2n) is 5.45. The number of ether oxygens (including phenoxy) is 1. The number of fused-ring (bicyclic) bond motifs is 1. The molecule has 1 aliphatic carbocycles. The van der Waals surface area contributed by atoms with Gasteiger partial charge in [-0.2, -0.15) is 0 Å². The van der Waals surface area contributed by atoms with Crippen molar-refractivity contribution in [1.82, 2.24) is 19.7 Å². The number of hydrogen-bond donors (Lipinski definition) is 0. The van der Waals surface area contributed by atoms with Gasteiger partial charge in [0.1, 0.15) is 11.6 Å². The fourth-order valence-electron chi connectivity index (χ4n) is 3.14. The fourth-order valence-corrected chi connectivity index (χ4v) is 3.14. The van der Waals surface area contributed by atoms with Gasteiger partial charge < -0.3 is 9.30 Å². The molecule has 0 N–H and O–H groups in total. The van der Waals surface area contributed by atoms with Crippen LogP contribution in [0.1, 0.15) is 37.3 Å². The highest BCUT2D eigenvalue weighted by molar-refractivity contribution is 4.95. The second kappa shape index (κ2) is 4.97. The topological polar surface area (TPSA) is 43.2 Å². The monoisotopic (exact) mass is 250 g/mol. The molecule has 5 nitrogen and oxygen atoms in total. The summed E-state index contributed by atoms with van der Waals surface area (Å²) in [6, 6.07) is 0.588. The summed E-state index contributed by atoms with van der Waals surface area (Å²) >= 11 is 0. The summed E-state index contributed by atoms with van der Waals surface area (Å²) < 4.78 is 7.99. The van der Waals surface area contributed by atoms with Gasteiger partial charge in [0.05, 0.1) is 19.3 Å². The average molecular weight is 250 g/mol. The minimum Gasteiger partial charge on any atom is -0.375 e. The van der Waals surface area contributed by atoms with Crippen LogP contribution >= 0.6 is 0 Å². The molecule has 0 radical (unpaired) electrons. The third-order valence-corrected chi connectivity index (χ3v) is 4.37. The van der Waals surface area contributed by atoms with Crippen molar-refractivity contribution in [1.29, 1.82) is 0 Å². The van der Waals surface area contributed by atoms with Crippen LogP contribution in [0.3, 0.4) is 0 Å². The number of hydrogen-bond acceptors (Lipinski definition) is 4. The summed E-state index contributed by atoms with van der Waals surface area (Å²) in [5, 5.41) is 8.42. The van der Waals surface area contributed by atoms with E-state index in [-0.39, 0.29) is 0 Å². The number of aryl methyl sites for hydroxylation is 1. The van der Waals surface area contributed by atoms with Gasteiger partial charge in [0, 0.05) is 19.6 Å². The summed E-state index contributed by atoms with van der Waals surface area (Å²) in [4.78, 5) is 2.54. The molecular weight excluding hydrogens is 228 g/mol. The lowest BCUT2D eigenvalue weighted by atomic mass is 9.90. The average Bonchev–Trinajstić information content (AvgIpc) is 2.71. The molecule has 0 unspecified atom stereocenters. The molecule has 3 rings (SSSR count). The lowest BCUT2D eigenvalue weighted by Gasteiger charge is -2.43. The van der Waals surface area contributed by atoms with Crippen molar-refractivity contribution in [2.75, 3.05) is 13.2 Å². The van der Waals surface area contributed by atoms with E-state index in [0.29, 0.717) is 12.1 Å². The molecule has 100 valence electrons. The maximum Gasteiger partial charge on any atom is 0.146 e. The first-order valence-electron chi connectivity index (χ1n) is 6.96. The molecular formula is C13H22N4O. The van der Waals surface area contributed by atoms with E-state index in [4.69, 9.17) is 4.74 Å². The highest BCUT2D eigenvalue weighted by Crippen LogP contribution is 2.29. The molecule has 1 aromatic heterocycles. The highest BCUT2D eigenvalue weighted by Gasteiger charge is 2.34. The third kappa shape index (κ3) is 2.17. The Hall–Kier alpha value is -0.940. The minimum atomic E-state index is 0.446. The molecule has 5 heteroatoms. The maximum absolute atomic E-state index is 5.90. The molecule has 2 fully saturated rings. The molecule has 1 aliphatic heterocycles. The summed E-state index contributed by atoms with van der Waals surface area (Å²) in [6.45, 7) is 4.78. The zero-order valence-electron chi connectivity index (χ0n) is 11.3. The zero-order chi connectivity index (χ0) is 12.5. The Balaban J connectivity index is 1.73. The van der Waals surface area contributed by atoms with Gasteiger partial charge in [0.2, 0.25) is 0 Å². The van der Waals surface area contributed by atoms with Gasteiger partial charge in [-0.25, -0.2) is 0 Å². The Bertz CT molecular complexity index is 415. The van der Waals surface area contributed by atoms with Gasteiger partial charge >= 0.3 is 0 Å². The molecule has 0 aromatic carbocycles. The number of aromatic nitrogens is 3. The smallest absolute Gasteiger partial charge is 0.146 e. The molecule has 18 heavy (non-hydrogen) atoms. The van der Waals surface area contributed by atoms with Crippen LogP contribution in [-0.4, -0.2) is 45.0 Å². The molecule has 2 aliphatic rings. The Kier molecular flexibility index (Phi) is 3.35. The molecule has 1 aromatic rings. The summed E-state index contributed by atoms with van der Waals surface area (Å²) in [6.07, 6.45) is 5.58.